The van der Waals surface area contributed by atoms with Crippen LogP contribution in [-0.4, -0.2) is 39.3 Å². The van der Waals surface area contributed by atoms with Crippen molar-refractivity contribution in [3.05, 3.63) is 35.4 Å². The first-order valence-corrected chi connectivity index (χ1v) is 7.65. The average Bonchev–Trinajstić information content (AvgIpc) is 2.82. The Morgan fingerprint density at radius 1 is 1.27 bits per heavy atom. The maximum atomic E-state index is 10.9. The van der Waals surface area contributed by atoms with Crippen molar-refractivity contribution in [3.8, 4) is 0 Å². The smallest absolute Gasteiger partial charge is 0.335 e. The zero-order valence-electron chi connectivity index (χ0n) is 12.4. The number of carboxylic acids is 1. The highest BCUT2D eigenvalue weighted by Crippen LogP contribution is 2.31. The van der Waals surface area contributed by atoms with Crippen LogP contribution >= 0.6 is 11.6 Å². The molecule has 2 N–H and O–H groups in total. The van der Waals surface area contributed by atoms with Crippen LogP contribution < -0.4 is 0 Å². The van der Waals surface area contributed by atoms with E-state index in [0.717, 1.165) is 24.8 Å². The molecule has 6 heteroatoms. The lowest BCUT2D eigenvalue weighted by Gasteiger charge is -2.23. The van der Waals surface area contributed by atoms with E-state index in [-0.39, 0.29) is 17.3 Å². The van der Waals surface area contributed by atoms with Crippen molar-refractivity contribution < 1.29 is 15.0 Å². The van der Waals surface area contributed by atoms with Gasteiger partial charge in [-0.05, 0) is 30.5 Å². The molecule has 1 aliphatic heterocycles. The number of aliphatic hydroxyl groups excluding tert-OH is 1. The Bertz CT molecular complexity index is 610. The summed E-state index contributed by atoms with van der Waals surface area (Å²) in [6.45, 7) is 1.86. The minimum atomic E-state index is -0.949. The monoisotopic (exact) mass is 322 g/mol. The summed E-state index contributed by atoms with van der Waals surface area (Å²) < 4.78 is 0. The molecule has 0 amide bonds. The second-order valence-electron chi connectivity index (χ2n) is 5.38. The quantitative estimate of drug-likeness (QED) is 0.809. The van der Waals surface area contributed by atoms with Crippen LogP contribution in [0.4, 0.5) is 0 Å². The molecule has 2 rings (SSSR count). The molecule has 0 bridgehead atoms. The van der Waals surface area contributed by atoms with Crippen LogP contribution in [0.15, 0.2) is 34.3 Å². The van der Waals surface area contributed by atoms with Crippen molar-refractivity contribution in [2.75, 3.05) is 6.61 Å². The van der Waals surface area contributed by atoms with Gasteiger partial charge in [0.2, 0.25) is 0 Å². The molecule has 1 unspecified atom stereocenters. The number of aromatic carboxylic acids is 1. The fourth-order valence-electron chi connectivity index (χ4n) is 2.50. The second kappa shape index (κ2) is 7.03. The average molecular weight is 323 g/mol. The van der Waals surface area contributed by atoms with E-state index >= 15 is 0 Å². The van der Waals surface area contributed by atoms with Gasteiger partial charge >= 0.3 is 5.97 Å². The van der Waals surface area contributed by atoms with Crippen molar-refractivity contribution in [1.82, 2.24) is 0 Å². The number of hydrogen-bond donors (Lipinski definition) is 2. The van der Waals surface area contributed by atoms with Gasteiger partial charge in [0.1, 0.15) is 10.9 Å². The molecule has 118 valence electrons. The molecule has 0 spiro atoms. The fraction of sp³-hybridized carbons (Fsp3) is 0.438. The van der Waals surface area contributed by atoms with Gasteiger partial charge in [0.15, 0.2) is 5.66 Å². The molecule has 0 aliphatic carbocycles. The van der Waals surface area contributed by atoms with Crippen molar-refractivity contribution >= 4 is 28.5 Å². The number of benzene rings is 1. The highest BCUT2D eigenvalue weighted by molar-refractivity contribution is 6.84. The molecule has 0 fully saturated rings. The lowest BCUT2D eigenvalue weighted by Crippen LogP contribution is -2.25. The third-order valence-corrected chi connectivity index (χ3v) is 3.96. The van der Waals surface area contributed by atoms with Gasteiger partial charge in [-0.2, -0.15) is 0 Å². The number of halogens is 1. The lowest BCUT2D eigenvalue weighted by molar-refractivity contribution is 0.0697. The maximum absolute atomic E-state index is 10.9. The first kappa shape index (κ1) is 16.6. The van der Waals surface area contributed by atoms with Crippen LogP contribution in [0, 0.1) is 0 Å². The zero-order chi connectivity index (χ0) is 16.2. The fourth-order valence-corrected chi connectivity index (χ4v) is 2.76. The summed E-state index contributed by atoms with van der Waals surface area (Å²) in [5.74, 6) is -0.949. The topological polar surface area (TPSA) is 82.2 Å². The summed E-state index contributed by atoms with van der Waals surface area (Å²) in [5.41, 5.74) is 0.923. The van der Waals surface area contributed by atoms with E-state index in [1.807, 2.05) is 0 Å². The minimum Gasteiger partial charge on any atom is -0.478 e. The van der Waals surface area contributed by atoms with Crippen LogP contribution in [0.2, 0.25) is 0 Å². The molecule has 1 atom stereocenters. The van der Waals surface area contributed by atoms with Gasteiger partial charge in [-0.3, -0.25) is 4.99 Å². The van der Waals surface area contributed by atoms with Crippen molar-refractivity contribution in [2.45, 2.75) is 38.3 Å². The third kappa shape index (κ3) is 3.72. The first-order chi connectivity index (χ1) is 10.5. The molecule has 0 saturated carbocycles. The summed E-state index contributed by atoms with van der Waals surface area (Å²) >= 11 is 6.06. The van der Waals surface area contributed by atoms with Gasteiger partial charge in [0.25, 0.3) is 0 Å². The highest BCUT2D eigenvalue weighted by Gasteiger charge is 2.35. The summed E-state index contributed by atoms with van der Waals surface area (Å²) in [5, 5.41) is 18.5. The van der Waals surface area contributed by atoms with E-state index in [0.29, 0.717) is 12.1 Å². The van der Waals surface area contributed by atoms with Crippen molar-refractivity contribution in [3.63, 3.8) is 0 Å². The molecule has 1 heterocycles. The van der Waals surface area contributed by atoms with Gasteiger partial charge < -0.3 is 10.2 Å². The predicted molar refractivity (Wildman–Crippen MR) is 87.2 cm³/mol. The number of nitrogens with zero attached hydrogens (tertiary/aromatic N) is 2. The van der Waals surface area contributed by atoms with Crippen LogP contribution in [0.3, 0.4) is 0 Å². The Hall–Kier alpha value is -1.72. The maximum Gasteiger partial charge on any atom is 0.335 e. The van der Waals surface area contributed by atoms with E-state index in [1.165, 1.54) is 0 Å². The van der Waals surface area contributed by atoms with Crippen LogP contribution in [0.1, 0.15) is 42.1 Å². The van der Waals surface area contributed by atoms with Gasteiger partial charge in [-0.25, -0.2) is 9.79 Å². The number of aliphatic hydroxyl groups is 1. The lowest BCUT2D eigenvalue weighted by atomic mass is 9.95. The van der Waals surface area contributed by atoms with Crippen LogP contribution in [0.5, 0.6) is 0 Å². The molecule has 0 aromatic heterocycles. The number of carbonyl (C=O) groups is 1. The van der Waals surface area contributed by atoms with Crippen molar-refractivity contribution in [1.29, 1.82) is 0 Å². The van der Waals surface area contributed by atoms with E-state index < -0.39 is 11.6 Å². The largest absolute Gasteiger partial charge is 0.478 e. The van der Waals surface area contributed by atoms with E-state index in [2.05, 4.69) is 16.9 Å². The van der Waals surface area contributed by atoms with Gasteiger partial charge in [-0.15, -0.1) is 0 Å². The number of unbranched alkanes of at least 4 members (excludes halogenated alkanes) is 1. The minimum absolute atomic E-state index is 0.228. The highest BCUT2D eigenvalue weighted by atomic mass is 35.5. The normalized spacial score (nSPS) is 20.7. The number of rotatable bonds is 7. The second-order valence-corrected chi connectivity index (χ2v) is 5.74. The molecule has 5 nitrogen and oxygen atoms in total. The molecular formula is C16H19ClN2O3. The summed E-state index contributed by atoms with van der Waals surface area (Å²) in [6, 6.07) is 6.68. The van der Waals surface area contributed by atoms with Crippen LogP contribution in [-0.2, 0) is 6.42 Å². The molecule has 1 aromatic rings. The van der Waals surface area contributed by atoms with Crippen LogP contribution in [0.25, 0.3) is 0 Å². The van der Waals surface area contributed by atoms with E-state index in [1.54, 1.807) is 24.3 Å². The molecule has 1 aromatic carbocycles. The van der Waals surface area contributed by atoms with Gasteiger partial charge in [0.05, 0.1) is 12.2 Å². The third-order valence-electron chi connectivity index (χ3n) is 3.66. The van der Waals surface area contributed by atoms with E-state index in [9.17, 15) is 9.90 Å². The number of carboxylic acid groups (broad SMARTS) is 1. The molecule has 22 heavy (non-hydrogen) atoms. The molecule has 0 saturated heterocycles. The standard InChI is InChI=1S/C16H19ClN2O3/c1-2-3-8-16(18-13(10-20)14(17)19-16)9-11-4-6-12(7-5-11)15(21)22/h4-7,20H,2-3,8-10H2,1H3,(H,21,22). The Kier molecular flexibility index (Phi) is 5.32. The predicted octanol–water partition coefficient (Wildman–Crippen LogP) is 2.90. The number of aliphatic imine (C=N–C) groups is 2. The summed E-state index contributed by atoms with van der Waals surface area (Å²) in [6.07, 6.45) is 3.23. The van der Waals surface area contributed by atoms with Gasteiger partial charge in [0, 0.05) is 6.42 Å². The molecule has 1 aliphatic rings. The number of hydrogen-bond acceptors (Lipinski definition) is 4. The Morgan fingerprint density at radius 3 is 2.45 bits per heavy atom. The zero-order valence-corrected chi connectivity index (χ0v) is 13.2. The van der Waals surface area contributed by atoms with Crippen molar-refractivity contribution in [2.24, 2.45) is 9.98 Å². The van der Waals surface area contributed by atoms with E-state index in [4.69, 9.17) is 16.7 Å². The molecular weight excluding hydrogens is 304 g/mol. The van der Waals surface area contributed by atoms with Gasteiger partial charge in [-0.1, -0.05) is 37.1 Å². The molecule has 0 radical (unpaired) electrons. The Morgan fingerprint density at radius 2 is 1.95 bits per heavy atom. The summed E-state index contributed by atoms with van der Waals surface area (Å²) in [7, 11) is 0. The summed E-state index contributed by atoms with van der Waals surface area (Å²) in [4.78, 5) is 19.9. The Labute approximate surface area is 134 Å². The SMILES string of the molecule is CCCCC1(Cc2ccc(C(=O)O)cc2)N=C(Cl)C(CO)=N1. The Balaban J connectivity index is 2.24. The first-order valence-electron chi connectivity index (χ1n) is 7.27.